The molecule has 0 bridgehead atoms. The van der Waals surface area contributed by atoms with Crippen LogP contribution in [-0.2, 0) is 28.7 Å². The van der Waals surface area contributed by atoms with Crippen molar-refractivity contribution in [3.8, 4) is 0 Å². The van der Waals surface area contributed by atoms with Crippen molar-refractivity contribution in [2.24, 2.45) is 5.73 Å². The van der Waals surface area contributed by atoms with Gasteiger partial charge >= 0.3 is 29.7 Å². The van der Waals surface area contributed by atoms with Crippen LogP contribution in [0.1, 0.15) is 47.0 Å². The number of alkyl carbamates (subject to hydrolysis) is 1. The highest BCUT2D eigenvalue weighted by Gasteiger charge is 2.31. The highest BCUT2D eigenvalue weighted by Crippen LogP contribution is 2.07. The van der Waals surface area contributed by atoms with E-state index in [-0.39, 0.29) is 13.1 Å². The number of nitrogens with one attached hydrogen (secondary N) is 2. The number of imide groups is 1. The van der Waals surface area contributed by atoms with Crippen LogP contribution in [0.5, 0.6) is 0 Å². The van der Waals surface area contributed by atoms with Crippen molar-refractivity contribution >= 4 is 29.7 Å². The highest BCUT2D eigenvalue weighted by molar-refractivity contribution is 6.37. The van der Waals surface area contributed by atoms with Gasteiger partial charge in [0.25, 0.3) is 0 Å². The van der Waals surface area contributed by atoms with Crippen LogP contribution in [0, 0.1) is 0 Å². The molecular formula is C17H31N5O7. The van der Waals surface area contributed by atoms with E-state index in [1.54, 1.807) is 20.8 Å². The zero-order valence-corrected chi connectivity index (χ0v) is 17.6. The monoisotopic (exact) mass is 417 g/mol. The molecule has 5 amide bonds. The summed E-state index contributed by atoms with van der Waals surface area (Å²) in [4.78, 5) is 59.5. The Bertz CT molecular complexity index is 603. The minimum absolute atomic E-state index is 0.0437. The van der Waals surface area contributed by atoms with E-state index in [9.17, 15) is 24.0 Å². The number of unbranched alkanes of at least 4 members (excludes halogenated alkanes) is 1. The number of nitrogens with zero attached hydrogens (tertiary/aromatic N) is 2. The van der Waals surface area contributed by atoms with E-state index in [4.69, 9.17) is 15.2 Å². The average Bonchev–Trinajstić information content (AvgIpc) is 2.59. The van der Waals surface area contributed by atoms with Gasteiger partial charge in [0.05, 0.1) is 0 Å². The van der Waals surface area contributed by atoms with Crippen molar-refractivity contribution in [2.45, 2.75) is 52.6 Å². The summed E-state index contributed by atoms with van der Waals surface area (Å²) in [5, 5.41) is 3.79. The predicted octanol–water partition coefficient (Wildman–Crippen LogP) is -0.564. The normalized spacial score (nSPS) is 11.0. The summed E-state index contributed by atoms with van der Waals surface area (Å²) in [6, 6.07) is 0. The molecule has 4 N–H and O–H groups in total. The summed E-state index contributed by atoms with van der Waals surface area (Å²) in [6.07, 6.45) is 0.434. The number of ether oxygens (including phenoxy) is 2. The van der Waals surface area contributed by atoms with Crippen LogP contribution < -0.4 is 16.5 Å². The Kier molecular flexibility index (Phi) is 11.5. The van der Waals surface area contributed by atoms with Crippen molar-refractivity contribution in [1.82, 2.24) is 20.9 Å². The number of carbonyl (C=O) groups is 5. The van der Waals surface area contributed by atoms with Crippen LogP contribution in [0.25, 0.3) is 0 Å². The molecule has 0 fully saturated rings. The van der Waals surface area contributed by atoms with E-state index in [1.165, 1.54) is 7.11 Å². The lowest BCUT2D eigenvalue weighted by Crippen LogP contribution is -2.60. The maximum atomic E-state index is 12.6. The van der Waals surface area contributed by atoms with E-state index < -0.39 is 35.3 Å². The lowest BCUT2D eigenvalue weighted by Gasteiger charge is -2.34. The summed E-state index contributed by atoms with van der Waals surface area (Å²) in [5.41, 5.74) is 6.27. The fourth-order valence-electron chi connectivity index (χ4n) is 1.97. The fourth-order valence-corrected chi connectivity index (χ4v) is 1.97. The van der Waals surface area contributed by atoms with Crippen LogP contribution >= 0.6 is 0 Å². The van der Waals surface area contributed by atoms with Crippen molar-refractivity contribution in [3.05, 3.63) is 0 Å². The molecule has 0 rings (SSSR count). The van der Waals surface area contributed by atoms with E-state index in [0.717, 1.165) is 10.1 Å². The van der Waals surface area contributed by atoms with Gasteiger partial charge in [0.2, 0.25) is 0 Å². The first kappa shape index (κ1) is 26.3. The Morgan fingerprint density at radius 2 is 1.62 bits per heavy atom. The van der Waals surface area contributed by atoms with Crippen LogP contribution in [0.15, 0.2) is 0 Å². The van der Waals surface area contributed by atoms with Crippen LogP contribution in [0.4, 0.5) is 4.79 Å². The number of primary amides is 1. The number of hydrogen-bond acceptors (Lipinski definition) is 8. The zero-order valence-electron chi connectivity index (χ0n) is 17.6. The molecule has 0 aliphatic heterocycles. The molecule has 12 nitrogen and oxygen atoms in total. The SMILES string of the molecule is CCCCN(C(=O)C(=O)NC(=O)OC(C)(C)C)N(CCCOC)NC(=O)C(N)=O. The molecule has 0 saturated carbocycles. The third-order valence-electron chi connectivity index (χ3n) is 3.23. The lowest BCUT2D eigenvalue weighted by molar-refractivity contribution is -0.168. The Labute approximate surface area is 170 Å². The molecule has 0 spiro atoms. The third-order valence-corrected chi connectivity index (χ3v) is 3.23. The number of rotatable bonds is 9. The number of hydrazine groups is 2. The summed E-state index contributed by atoms with van der Waals surface area (Å²) in [6.45, 7) is 7.05. The van der Waals surface area contributed by atoms with Crippen molar-refractivity contribution < 1.29 is 33.4 Å². The highest BCUT2D eigenvalue weighted by atomic mass is 16.6. The molecule has 0 saturated heterocycles. The number of hydrogen-bond donors (Lipinski definition) is 3. The second-order valence-electron chi connectivity index (χ2n) is 7.01. The zero-order chi connectivity index (χ0) is 22.6. The number of carbonyl (C=O) groups excluding carboxylic acids is 5. The van der Waals surface area contributed by atoms with Crippen molar-refractivity contribution in [2.75, 3.05) is 26.8 Å². The van der Waals surface area contributed by atoms with Gasteiger partial charge in [-0.2, -0.15) is 0 Å². The van der Waals surface area contributed by atoms with Crippen LogP contribution in [0.2, 0.25) is 0 Å². The van der Waals surface area contributed by atoms with Gasteiger partial charge in [0, 0.05) is 26.8 Å². The minimum Gasteiger partial charge on any atom is -0.444 e. The molecule has 12 heteroatoms. The molecule has 166 valence electrons. The summed E-state index contributed by atoms with van der Waals surface area (Å²) in [7, 11) is 1.47. The third kappa shape index (κ3) is 11.0. The topological polar surface area (TPSA) is 160 Å². The molecule has 0 aromatic rings. The van der Waals surface area contributed by atoms with E-state index in [1.807, 2.05) is 12.2 Å². The largest absolute Gasteiger partial charge is 0.444 e. The molecule has 0 heterocycles. The first-order chi connectivity index (χ1) is 13.4. The predicted molar refractivity (Wildman–Crippen MR) is 102 cm³/mol. The van der Waals surface area contributed by atoms with Crippen LogP contribution in [-0.4, -0.2) is 72.3 Å². The van der Waals surface area contributed by atoms with Crippen molar-refractivity contribution in [3.63, 3.8) is 0 Å². The molecule has 0 aromatic heterocycles. The molecule has 0 aromatic carbocycles. The standard InChI is InChI=1S/C17H31N5O7/c1-6-7-9-21(15(26)14(25)19-16(27)29-17(2,3)4)22(10-8-11-28-5)20-13(24)12(18)23/h6-11H2,1-5H3,(H2,18,23)(H,20,24)(H,19,25,27). The average molecular weight is 417 g/mol. The fraction of sp³-hybridized carbons (Fsp3) is 0.706. The van der Waals surface area contributed by atoms with Gasteiger partial charge in [-0.3, -0.25) is 29.9 Å². The van der Waals surface area contributed by atoms with Gasteiger partial charge < -0.3 is 15.2 Å². The minimum atomic E-state index is -1.26. The summed E-state index contributed by atoms with van der Waals surface area (Å²) in [5.74, 6) is -4.79. The molecule has 0 unspecified atom stereocenters. The summed E-state index contributed by atoms with van der Waals surface area (Å²) >= 11 is 0. The Morgan fingerprint density at radius 1 is 1.00 bits per heavy atom. The molecule has 0 atom stereocenters. The Hall–Kier alpha value is -2.73. The Balaban J connectivity index is 5.44. The summed E-state index contributed by atoms with van der Waals surface area (Å²) < 4.78 is 9.89. The van der Waals surface area contributed by atoms with Gasteiger partial charge in [0.1, 0.15) is 5.60 Å². The van der Waals surface area contributed by atoms with E-state index in [0.29, 0.717) is 25.9 Å². The van der Waals surface area contributed by atoms with Gasteiger partial charge in [-0.25, -0.2) is 9.80 Å². The van der Waals surface area contributed by atoms with Gasteiger partial charge in [-0.15, -0.1) is 5.12 Å². The Morgan fingerprint density at radius 3 is 2.10 bits per heavy atom. The van der Waals surface area contributed by atoms with E-state index >= 15 is 0 Å². The van der Waals surface area contributed by atoms with E-state index in [2.05, 4.69) is 5.43 Å². The second kappa shape index (κ2) is 12.7. The maximum Gasteiger partial charge on any atom is 0.414 e. The molecular weight excluding hydrogens is 386 g/mol. The van der Waals surface area contributed by atoms with Gasteiger partial charge in [-0.1, -0.05) is 13.3 Å². The molecule has 29 heavy (non-hydrogen) atoms. The smallest absolute Gasteiger partial charge is 0.414 e. The van der Waals surface area contributed by atoms with Crippen LogP contribution in [0.3, 0.4) is 0 Å². The first-order valence-electron chi connectivity index (χ1n) is 9.15. The lowest BCUT2D eigenvalue weighted by atomic mass is 10.2. The molecule has 0 aliphatic carbocycles. The maximum absolute atomic E-state index is 12.6. The van der Waals surface area contributed by atoms with Gasteiger partial charge in [0.15, 0.2) is 0 Å². The molecule has 0 radical (unpaired) electrons. The molecule has 0 aliphatic rings. The number of amides is 5. The quantitative estimate of drug-likeness (QED) is 0.255. The first-order valence-corrected chi connectivity index (χ1v) is 9.15. The van der Waals surface area contributed by atoms with Gasteiger partial charge in [-0.05, 0) is 33.6 Å². The van der Waals surface area contributed by atoms with Crippen molar-refractivity contribution in [1.29, 1.82) is 0 Å². The number of nitrogens with two attached hydrogens (primary N) is 1. The second-order valence-corrected chi connectivity index (χ2v) is 7.01. The number of methoxy groups -OCH3 is 1.